The molecule has 126 valence electrons. The van der Waals surface area contributed by atoms with Crippen LogP contribution >= 0.6 is 15.9 Å². The summed E-state index contributed by atoms with van der Waals surface area (Å²) in [4.78, 5) is 14.7. The second-order valence-corrected chi connectivity index (χ2v) is 9.28. The molecule has 0 radical (unpaired) electrons. The molecule has 2 aliphatic heterocycles. The van der Waals surface area contributed by atoms with E-state index in [2.05, 4.69) is 22.0 Å². The van der Waals surface area contributed by atoms with Gasteiger partial charge in [0.25, 0.3) is 0 Å². The van der Waals surface area contributed by atoms with Crippen molar-refractivity contribution < 1.29 is 13.2 Å². The predicted octanol–water partition coefficient (Wildman–Crippen LogP) is 2.40. The van der Waals surface area contributed by atoms with Crippen LogP contribution in [0.4, 0.5) is 5.69 Å². The Kier molecular flexibility index (Phi) is 4.80. The van der Waals surface area contributed by atoms with E-state index < -0.39 is 10.0 Å². The molecule has 0 aliphatic carbocycles. The van der Waals surface area contributed by atoms with Crippen LogP contribution in [0.15, 0.2) is 22.7 Å². The number of piperidine rings is 1. The van der Waals surface area contributed by atoms with Crippen molar-refractivity contribution in [3.8, 4) is 0 Å². The summed E-state index contributed by atoms with van der Waals surface area (Å²) in [6.45, 7) is 3.18. The van der Waals surface area contributed by atoms with Gasteiger partial charge in [-0.15, -0.1) is 0 Å². The normalized spacial score (nSPS) is 22.2. The Morgan fingerprint density at radius 1 is 1.35 bits per heavy atom. The first-order valence-electron chi connectivity index (χ1n) is 8.00. The van der Waals surface area contributed by atoms with Crippen LogP contribution in [-0.4, -0.2) is 44.0 Å². The lowest BCUT2D eigenvalue weighted by atomic mass is 9.98. The number of fused-ring (bicyclic) bond motifs is 1. The van der Waals surface area contributed by atoms with Gasteiger partial charge in [0.05, 0.1) is 11.7 Å². The molecule has 0 saturated carbocycles. The summed E-state index contributed by atoms with van der Waals surface area (Å²) in [7, 11) is -3.22. The smallest absolute Gasteiger partial charge is 0.231 e. The number of benzene rings is 1. The first-order chi connectivity index (χ1) is 10.9. The predicted molar refractivity (Wildman–Crippen MR) is 94.0 cm³/mol. The highest BCUT2D eigenvalue weighted by Gasteiger charge is 2.35. The molecule has 2 heterocycles. The summed E-state index contributed by atoms with van der Waals surface area (Å²) in [5, 5.41) is 0. The first kappa shape index (κ1) is 16.9. The zero-order valence-electron chi connectivity index (χ0n) is 13.2. The number of sulfonamides is 1. The number of carbonyl (C=O) groups is 1. The van der Waals surface area contributed by atoms with Crippen LogP contribution < -0.4 is 4.90 Å². The zero-order valence-corrected chi connectivity index (χ0v) is 15.6. The molecule has 5 nitrogen and oxygen atoms in total. The van der Waals surface area contributed by atoms with E-state index in [0.717, 1.165) is 29.4 Å². The van der Waals surface area contributed by atoms with Crippen LogP contribution in [0.25, 0.3) is 0 Å². The maximum Gasteiger partial charge on any atom is 0.231 e. The number of halogens is 1. The SMILES string of the molecule is CCS(=O)(=O)N1CCC[C@H](C(=O)N2CCc3cc(Br)ccc32)C1. The van der Waals surface area contributed by atoms with E-state index in [1.807, 2.05) is 17.0 Å². The van der Waals surface area contributed by atoms with E-state index in [0.29, 0.717) is 19.6 Å². The lowest BCUT2D eigenvalue weighted by molar-refractivity contribution is -0.123. The van der Waals surface area contributed by atoms with Gasteiger partial charge < -0.3 is 4.90 Å². The van der Waals surface area contributed by atoms with Gasteiger partial charge >= 0.3 is 0 Å². The lowest BCUT2D eigenvalue weighted by Gasteiger charge is -2.33. The van der Waals surface area contributed by atoms with Crippen molar-refractivity contribution >= 4 is 37.5 Å². The van der Waals surface area contributed by atoms with Crippen molar-refractivity contribution in [1.82, 2.24) is 4.31 Å². The summed E-state index contributed by atoms with van der Waals surface area (Å²) in [5.74, 6) is -0.0872. The van der Waals surface area contributed by atoms with Gasteiger partial charge in [-0.05, 0) is 49.9 Å². The second kappa shape index (κ2) is 6.53. The molecule has 1 saturated heterocycles. The zero-order chi connectivity index (χ0) is 16.6. The molecule has 1 amide bonds. The van der Waals surface area contributed by atoms with Crippen molar-refractivity contribution in [3.63, 3.8) is 0 Å². The first-order valence-corrected chi connectivity index (χ1v) is 10.4. The topological polar surface area (TPSA) is 57.7 Å². The van der Waals surface area contributed by atoms with Crippen LogP contribution in [0.3, 0.4) is 0 Å². The molecule has 0 unspecified atom stereocenters. The van der Waals surface area contributed by atoms with Gasteiger partial charge in [-0.2, -0.15) is 0 Å². The van der Waals surface area contributed by atoms with E-state index in [1.54, 1.807) is 6.92 Å². The number of nitrogens with zero attached hydrogens (tertiary/aromatic N) is 2. The molecule has 0 N–H and O–H groups in total. The van der Waals surface area contributed by atoms with Crippen molar-refractivity contribution in [3.05, 3.63) is 28.2 Å². The maximum absolute atomic E-state index is 12.9. The summed E-state index contributed by atoms with van der Waals surface area (Å²) in [6.07, 6.45) is 2.36. The minimum atomic E-state index is -3.22. The lowest BCUT2D eigenvalue weighted by Crippen LogP contribution is -2.46. The van der Waals surface area contributed by atoms with E-state index in [-0.39, 0.29) is 17.6 Å². The minimum Gasteiger partial charge on any atom is -0.312 e. The van der Waals surface area contributed by atoms with Gasteiger partial charge in [0.2, 0.25) is 15.9 Å². The third kappa shape index (κ3) is 3.32. The average Bonchev–Trinajstić information content (AvgIpc) is 2.97. The van der Waals surface area contributed by atoms with Gasteiger partial charge in [0.1, 0.15) is 0 Å². The summed E-state index contributed by atoms with van der Waals surface area (Å²) < 4.78 is 26.7. The Labute approximate surface area is 145 Å². The molecule has 1 aromatic carbocycles. The van der Waals surface area contributed by atoms with Crippen LogP contribution in [0.5, 0.6) is 0 Å². The van der Waals surface area contributed by atoms with E-state index in [1.165, 1.54) is 9.87 Å². The van der Waals surface area contributed by atoms with Crippen molar-refractivity contribution in [2.45, 2.75) is 26.2 Å². The summed E-state index contributed by atoms with van der Waals surface area (Å²) >= 11 is 3.46. The van der Waals surface area contributed by atoms with Crippen LogP contribution in [0.2, 0.25) is 0 Å². The monoisotopic (exact) mass is 400 g/mol. The maximum atomic E-state index is 12.9. The largest absolute Gasteiger partial charge is 0.312 e. The van der Waals surface area contributed by atoms with Crippen molar-refractivity contribution in [1.29, 1.82) is 0 Å². The summed E-state index contributed by atoms with van der Waals surface area (Å²) in [5.41, 5.74) is 2.13. The third-order valence-electron chi connectivity index (χ3n) is 4.69. The van der Waals surface area contributed by atoms with Crippen LogP contribution in [0.1, 0.15) is 25.3 Å². The molecular formula is C16H21BrN2O3S. The fraction of sp³-hybridized carbons (Fsp3) is 0.562. The number of hydrogen-bond acceptors (Lipinski definition) is 3. The van der Waals surface area contributed by atoms with E-state index >= 15 is 0 Å². The number of carbonyl (C=O) groups excluding carboxylic acids is 1. The van der Waals surface area contributed by atoms with Crippen LogP contribution in [0, 0.1) is 5.92 Å². The highest BCUT2D eigenvalue weighted by molar-refractivity contribution is 9.10. The molecule has 3 rings (SSSR count). The van der Waals surface area contributed by atoms with E-state index in [4.69, 9.17) is 0 Å². The van der Waals surface area contributed by atoms with E-state index in [9.17, 15) is 13.2 Å². The number of amides is 1. The average molecular weight is 401 g/mol. The minimum absolute atomic E-state index is 0.0575. The molecule has 23 heavy (non-hydrogen) atoms. The molecule has 1 atom stereocenters. The Morgan fingerprint density at radius 2 is 2.13 bits per heavy atom. The molecule has 0 bridgehead atoms. The van der Waals surface area contributed by atoms with Gasteiger partial charge in [-0.3, -0.25) is 4.79 Å². The van der Waals surface area contributed by atoms with Crippen LogP contribution in [-0.2, 0) is 21.2 Å². The fourth-order valence-corrected chi connectivity index (χ4v) is 4.99. The van der Waals surface area contributed by atoms with Crippen molar-refractivity contribution in [2.75, 3.05) is 30.3 Å². The molecule has 0 aromatic heterocycles. The molecule has 7 heteroatoms. The van der Waals surface area contributed by atoms with Gasteiger partial charge in [0, 0.05) is 29.8 Å². The van der Waals surface area contributed by atoms with Gasteiger partial charge in [-0.25, -0.2) is 12.7 Å². The third-order valence-corrected chi connectivity index (χ3v) is 7.04. The number of hydrogen-bond donors (Lipinski definition) is 0. The fourth-order valence-electron chi connectivity index (χ4n) is 3.40. The van der Waals surface area contributed by atoms with Crippen molar-refractivity contribution in [2.24, 2.45) is 5.92 Å². The van der Waals surface area contributed by atoms with Gasteiger partial charge in [0.15, 0.2) is 0 Å². The quantitative estimate of drug-likeness (QED) is 0.782. The Hall–Kier alpha value is -0.920. The Balaban J connectivity index is 1.77. The standard InChI is InChI=1S/C16H21BrN2O3S/c1-2-23(21,22)18-8-3-4-13(11-18)16(20)19-9-7-12-10-14(17)5-6-15(12)19/h5-6,10,13H,2-4,7-9,11H2,1H3/t13-/m0/s1. The molecule has 2 aliphatic rings. The molecule has 1 fully saturated rings. The molecule has 0 spiro atoms. The Morgan fingerprint density at radius 3 is 2.87 bits per heavy atom. The highest BCUT2D eigenvalue weighted by atomic mass is 79.9. The molecular weight excluding hydrogens is 380 g/mol. The molecule has 1 aromatic rings. The second-order valence-electron chi connectivity index (χ2n) is 6.11. The van der Waals surface area contributed by atoms with Gasteiger partial charge in [-0.1, -0.05) is 15.9 Å². The summed E-state index contributed by atoms with van der Waals surface area (Å²) in [6, 6.07) is 5.96. The number of anilines is 1. The number of rotatable bonds is 3. The highest BCUT2D eigenvalue weighted by Crippen LogP contribution is 2.33. The Bertz CT molecular complexity index is 720.